The summed E-state index contributed by atoms with van der Waals surface area (Å²) in [4.78, 5) is 28.5. The van der Waals surface area contributed by atoms with Gasteiger partial charge in [-0.15, -0.1) is 0 Å². The Morgan fingerprint density at radius 2 is 1.84 bits per heavy atom. The van der Waals surface area contributed by atoms with E-state index in [2.05, 4.69) is 10.6 Å². The number of aliphatic hydroxyl groups is 1. The lowest BCUT2D eigenvalue weighted by molar-refractivity contribution is 0.0389. The summed E-state index contributed by atoms with van der Waals surface area (Å²) in [6, 6.07) is 14.7. The van der Waals surface area contributed by atoms with E-state index in [1.165, 1.54) is 35.5 Å². The molecule has 3 N–H and O–H groups in total. The van der Waals surface area contributed by atoms with Gasteiger partial charge in [0.15, 0.2) is 17.2 Å². The number of benzene rings is 3. The molecule has 5 rings (SSSR count). The molecule has 0 unspecified atom stereocenters. The average molecular weight is 641 g/mol. The number of para-hydroxylation sites is 1. The van der Waals surface area contributed by atoms with Gasteiger partial charge in [0.1, 0.15) is 11.9 Å². The second kappa shape index (κ2) is 13.2. The third kappa shape index (κ3) is 6.77. The molecule has 2 aliphatic rings. The molecule has 3 aromatic rings. The number of hydrogen-bond acceptors (Lipinski definition) is 9. The van der Waals surface area contributed by atoms with Crippen molar-refractivity contribution in [2.24, 2.45) is 5.92 Å². The molecule has 3 atom stereocenters. The fourth-order valence-corrected chi connectivity index (χ4v) is 6.28. The molecule has 0 bridgehead atoms. The number of urea groups is 1. The predicted molar refractivity (Wildman–Crippen MR) is 166 cm³/mol. The van der Waals surface area contributed by atoms with Gasteiger partial charge in [0.2, 0.25) is 16.8 Å². The van der Waals surface area contributed by atoms with E-state index in [9.17, 15) is 23.1 Å². The minimum absolute atomic E-state index is 0.0672. The molecule has 2 aliphatic heterocycles. The summed E-state index contributed by atoms with van der Waals surface area (Å²) in [6.45, 7) is 3.51. The number of amides is 3. The van der Waals surface area contributed by atoms with Crippen LogP contribution in [-0.2, 0) is 10.0 Å². The standard InChI is InChI=1S/C31H36N4O9S/c1-19-15-35(20(2)17-36)30(37)24-6-5-7-25(33-31(38)32-21-8-13-26-27(14-21)43-18-42-26)29(24)44-28(19)16-34(3)45(39,40)23-11-9-22(41-4)10-12-23/h5-14,19-20,28,36H,15-18H2,1-4H3,(H2,32,33,38)/t19-,20-,28+/m1/s1. The number of rotatable bonds is 9. The van der Waals surface area contributed by atoms with Crippen molar-refractivity contribution in [3.63, 3.8) is 0 Å². The summed E-state index contributed by atoms with van der Waals surface area (Å²) in [5, 5.41) is 15.4. The molecule has 0 aromatic heterocycles. The number of methoxy groups -OCH3 is 1. The Labute approximate surface area is 261 Å². The van der Waals surface area contributed by atoms with Crippen molar-refractivity contribution < 1.29 is 42.1 Å². The molecule has 0 radical (unpaired) electrons. The smallest absolute Gasteiger partial charge is 0.323 e. The lowest BCUT2D eigenvalue weighted by Crippen LogP contribution is -2.50. The van der Waals surface area contributed by atoms with E-state index < -0.39 is 34.1 Å². The monoisotopic (exact) mass is 640 g/mol. The quantitative estimate of drug-likeness (QED) is 0.318. The van der Waals surface area contributed by atoms with Gasteiger partial charge < -0.3 is 39.6 Å². The number of nitrogens with zero attached hydrogens (tertiary/aromatic N) is 2. The minimum Gasteiger partial charge on any atom is -0.497 e. The number of sulfonamides is 1. The van der Waals surface area contributed by atoms with E-state index in [1.54, 1.807) is 55.5 Å². The molecule has 3 aromatic carbocycles. The summed E-state index contributed by atoms with van der Waals surface area (Å²) in [5.41, 5.74) is 0.816. The largest absolute Gasteiger partial charge is 0.497 e. The SMILES string of the molecule is COc1ccc(S(=O)(=O)N(C)C[C@@H]2Oc3c(NC(=O)Nc4ccc5c(c4)OCO5)cccc3C(=O)N([C@H](C)CO)C[C@H]2C)cc1. The Kier molecular flexibility index (Phi) is 9.37. The molecule has 13 nitrogen and oxygen atoms in total. The third-order valence-electron chi connectivity index (χ3n) is 7.77. The van der Waals surface area contributed by atoms with E-state index in [-0.39, 0.29) is 54.3 Å². The number of carbonyl (C=O) groups excluding carboxylic acids is 2. The molecule has 0 fully saturated rings. The average Bonchev–Trinajstić information content (AvgIpc) is 3.50. The maximum absolute atomic E-state index is 13.8. The number of fused-ring (bicyclic) bond motifs is 2. The third-order valence-corrected chi connectivity index (χ3v) is 9.61. The van der Waals surface area contributed by atoms with Gasteiger partial charge >= 0.3 is 6.03 Å². The van der Waals surface area contributed by atoms with Gasteiger partial charge in [-0.05, 0) is 55.5 Å². The lowest BCUT2D eigenvalue weighted by Gasteiger charge is -2.38. The first kappa shape index (κ1) is 31.9. The van der Waals surface area contributed by atoms with Gasteiger partial charge in [-0.25, -0.2) is 13.2 Å². The van der Waals surface area contributed by atoms with Gasteiger partial charge in [-0.3, -0.25) is 4.79 Å². The van der Waals surface area contributed by atoms with E-state index in [4.69, 9.17) is 18.9 Å². The number of likely N-dealkylation sites (N-methyl/N-ethyl adjacent to an activating group) is 1. The molecule has 0 saturated heterocycles. The zero-order chi connectivity index (χ0) is 32.3. The maximum Gasteiger partial charge on any atom is 0.323 e. The summed E-state index contributed by atoms with van der Waals surface area (Å²) < 4.78 is 50.5. The molecule has 2 heterocycles. The van der Waals surface area contributed by atoms with E-state index in [0.29, 0.717) is 22.9 Å². The van der Waals surface area contributed by atoms with Gasteiger partial charge in [-0.2, -0.15) is 4.31 Å². The van der Waals surface area contributed by atoms with E-state index >= 15 is 0 Å². The Morgan fingerprint density at radius 1 is 1.11 bits per heavy atom. The number of aliphatic hydroxyl groups excluding tert-OH is 1. The number of anilines is 2. The van der Waals surface area contributed by atoms with Crippen LogP contribution in [0.1, 0.15) is 24.2 Å². The van der Waals surface area contributed by atoms with Crippen molar-refractivity contribution in [1.29, 1.82) is 0 Å². The topological polar surface area (TPSA) is 156 Å². The Balaban J connectivity index is 1.44. The first-order chi connectivity index (χ1) is 21.5. The van der Waals surface area contributed by atoms with Crippen molar-refractivity contribution in [1.82, 2.24) is 9.21 Å². The van der Waals surface area contributed by atoms with Crippen molar-refractivity contribution in [2.75, 3.05) is 51.3 Å². The number of hydrogen-bond donors (Lipinski definition) is 3. The molecule has 0 saturated carbocycles. The zero-order valence-corrected chi connectivity index (χ0v) is 26.2. The normalized spacial score (nSPS) is 18.4. The van der Waals surface area contributed by atoms with Crippen molar-refractivity contribution in [3.8, 4) is 23.0 Å². The second-order valence-electron chi connectivity index (χ2n) is 10.9. The summed E-state index contributed by atoms with van der Waals surface area (Å²) in [5.74, 6) is 0.908. The summed E-state index contributed by atoms with van der Waals surface area (Å²) >= 11 is 0. The highest BCUT2D eigenvalue weighted by Gasteiger charge is 2.36. The molecule has 14 heteroatoms. The Hall–Kier alpha value is -4.53. The fraction of sp³-hybridized carbons (Fsp3) is 0.355. The van der Waals surface area contributed by atoms with Gasteiger partial charge in [0.25, 0.3) is 5.91 Å². The van der Waals surface area contributed by atoms with Crippen LogP contribution in [0.3, 0.4) is 0 Å². The lowest BCUT2D eigenvalue weighted by atomic mass is 9.99. The molecule has 0 aliphatic carbocycles. The molecule has 3 amide bonds. The maximum atomic E-state index is 13.8. The highest BCUT2D eigenvalue weighted by atomic mass is 32.2. The van der Waals surface area contributed by atoms with Crippen LogP contribution in [0.2, 0.25) is 0 Å². The highest BCUT2D eigenvalue weighted by Crippen LogP contribution is 2.37. The zero-order valence-electron chi connectivity index (χ0n) is 25.3. The van der Waals surface area contributed by atoms with E-state index in [1.807, 2.05) is 6.92 Å². The van der Waals surface area contributed by atoms with Crippen LogP contribution < -0.4 is 29.6 Å². The molecule has 0 spiro atoms. The predicted octanol–water partition coefficient (Wildman–Crippen LogP) is 3.61. The fourth-order valence-electron chi connectivity index (χ4n) is 5.10. The number of carbonyl (C=O) groups is 2. The van der Waals surface area contributed by atoms with Crippen molar-refractivity contribution in [3.05, 3.63) is 66.2 Å². The first-order valence-corrected chi connectivity index (χ1v) is 15.8. The van der Waals surface area contributed by atoms with Gasteiger partial charge in [0, 0.05) is 31.3 Å². The molecule has 45 heavy (non-hydrogen) atoms. The molecule has 240 valence electrons. The van der Waals surface area contributed by atoms with Crippen LogP contribution in [0.4, 0.5) is 16.2 Å². The second-order valence-corrected chi connectivity index (χ2v) is 13.0. The summed E-state index contributed by atoms with van der Waals surface area (Å²) in [6.07, 6.45) is -0.747. The van der Waals surface area contributed by atoms with Gasteiger partial charge in [0.05, 0.1) is 42.4 Å². The van der Waals surface area contributed by atoms with Gasteiger partial charge in [-0.1, -0.05) is 13.0 Å². The van der Waals surface area contributed by atoms with Crippen LogP contribution in [0, 0.1) is 5.92 Å². The number of ether oxygens (including phenoxy) is 4. The summed E-state index contributed by atoms with van der Waals surface area (Å²) in [7, 11) is -0.968. The van der Waals surface area contributed by atoms with Crippen LogP contribution in [0.15, 0.2) is 65.6 Å². The van der Waals surface area contributed by atoms with E-state index in [0.717, 1.165) is 0 Å². The first-order valence-electron chi connectivity index (χ1n) is 14.3. The number of nitrogens with one attached hydrogen (secondary N) is 2. The van der Waals surface area contributed by atoms with Crippen molar-refractivity contribution >= 4 is 33.3 Å². The Bertz CT molecular complexity index is 1670. The van der Waals surface area contributed by atoms with Crippen LogP contribution in [0.5, 0.6) is 23.0 Å². The molecular weight excluding hydrogens is 604 g/mol. The Morgan fingerprint density at radius 3 is 2.56 bits per heavy atom. The van der Waals surface area contributed by atoms with Crippen molar-refractivity contribution in [2.45, 2.75) is 30.9 Å². The minimum atomic E-state index is -3.92. The van der Waals surface area contributed by atoms with Crippen LogP contribution >= 0.6 is 0 Å². The molecular formula is C31H36N4O9S. The highest BCUT2D eigenvalue weighted by molar-refractivity contribution is 7.89. The van der Waals surface area contributed by atoms with Crippen LogP contribution in [-0.4, -0.2) is 87.5 Å². The van der Waals surface area contributed by atoms with Crippen LogP contribution in [0.25, 0.3) is 0 Å².